The minimum absolute atomic E-state index is 0.285. The van der Waals surface area contributed by atoms with Crippen molar-refractivity contribution in [3.63, 3.8) is 0 Å². The van der Waals surface area contributed by atoms with Gasteiger partial charge in [0.15, 0.2) is 0 Å². The maximum Gasteiger partial charge on any atom is 0.335 e. The maximum absolute atomic E-state index is 11.0. The van der Waals surface area contributed by atoms with Crippen molar-refractivity contribution in [2.75, 3.05) is 13.7 Å². The molecule has 0 spiro atoms. The lowest BCUT2D eigenvalue weighted by Gasteiger charge is -2.17. The second-order valence-corrected chi connectivity index (χ2v) is 6.00. The Morgan fingerprint density at radius 2 is 2.24 bits per heavy atom. The predicted molar refractivity (Wildman–Crippen MR) is 79.6 cm³/mol. The molecule has 1 aliphatic carbocycles. The number of nitrogens with zero attached hydrogens (tertiary/aromatic N) is 2. The van der Waals surface area contributed by atoms with Crippen LogP contribution in [0, 0.1) is 12.3 Å². The van der Waals surface area contributed by atoms with E-state index in [0.717, 1.165) is 36.4 Å². The van der Waals surface area contributed by atoms with Crippen LogP contribution in [0.3, 0.4) is 0 Å². The Hall–Kier alpha value is -1.88. The first-order valence-electron chi connectivity index (χ1n) is 7.24. The molecule has 5 nitrogen and oxygen atoms in total. The minimum atomic E-state index is -0.914. The van der Waals surface area contributed by atoms with Gasteiger partial charge in [-0.1, -0.05) is 0 Å². The number of aromatic carboxylic acids is 1. The van der Waals surface area contributed by atoms with E-state index in [0.29, 0.717) is 5.41 Å². The Morgan fingerprint density at radius 1 is 1.48 bits per heavy atom. The number of hydrogen-bond acceptors (Lipinski definition) is 3. The molecule has 0 saturated heterocycles. The van der Waals surface area contributed by atoms with Gasteiger partial charge in [-0.15, -0.1) is 0 Å². The highest BCUT2D eigenvalue weighted by molar-refractivity contribution is 5.92. The SMILES string of the molecule is COCCC1(Cn2c(C)nc3cc(C(=O)O)ccc32)CC1. The molecule has 1 heterocycles. The van der Waals surface area contributed by atoms with Gasteiger partial charge < -0.3 is 14.4 Å². The largest absolute Gasteiger partial charge is 0.478 e. The van der Waals surface area contributed by atoms with E-state index in [4.69, 9.17) is 9.84 Å². The van der Waals surface area contributed by atoms with Gasteiger partial charge in [-0.2, -0.15) is 0 Å². The standard InChI is InChI=1S/C16H20N2O3/c1-11-17-13-9-12(15(19)20)3-4-14(13)18(11)10-16(5-6-16)7-8-21-2/h3-4,9H,5-8,10H2,1-2H3,(H,19,20). The van der Waals surface area contributed by atoms with E-state index < -0.39 is 5.97 Å². The molecule has 5 heteroatoms. The Morgan fingerprint density at radius 3 is 2.86 bits per heavy atom. The first-order valence-corrected chi connectivity index (χ1v) is 7.24. The predicted octanol–water partition coefficient (Wildman–Crippen LogP) is 2.86. The van der Waals surface area contributed by atoms with Crippen LogP contribution < -0.4 is 0 Å². The quantitative estimate of drug-likeness (QED) is 0.887. The molecule has 0 atom stereocenters. The van der Waals surface area contributed by atoms with E-state index >= 15 is 0 Å². The summed E-state index contributed by atoms with van der Waals surface area (Å²) >= 11 is 0. The number of carboxylic acid groups (broad SMARTS) is 1. The number of imidazole rings is 1. The van der Waals surface area contributed by atoms with Gasteiger partial charge in [-0.25, -0.2) is 9.78 Å². The average Bonchev–Trinajstić information content (AvgIpc) is 3.16. The number of carbonyl (C=O) groups is 1. The second kappa shape index (κ2) is 5.15. The lowest BCUT2D eigenvalue weighted by Crippen LogP contribution is -2.15. The molecular formula is C16H20N2O3. The van der Waals surface area contributed by atoms with Crippen molar-refractivity contribution in [2.24, 2.45) is 5.41 Å². The van der Waals surface area contributed by atoms with Gasteiger partial charge in [0.05, 0.1) is 16.6 Å². The molecule has 2 aromatic rings. The topological polar surface area (TPSA) is 64.4 Å². The highest BCUT2D eigenvalue weighted by atomic mass is 16.5. The Kier molecular flexibility index (Phi) is 3.45. The molecule has 3 rings (SSSR count). The Bertz CT molecular complexity index is 686. The third kappa shape index (κ3) is 2.65. The monoisotopic (exact) mass is 288 g/mol. The molecule has 112 valence electrons. The highest BCUT2D eigenvalue weighted by Gasteiger charge is 2.42. The van der Waals surface area contributed by atoms with Gasteiger partial charge in [0.1, 0.15) is 5.82 Å². The fourth-order valence-corrected chi connectivity index (χ4v) is 2.90. The molecule has 1 saturated carbocycles. The highest BCUT2D eigenvalue weighted by Crippen LogP contribution is 2.50. The number of ether oxygens (including phenoxy) is 1. The third-order valence-electron chi connectivity index (χ3n) is 4.47. The number of methoxy groups -OCH3 is 1. The molecule has 0 radical (unpaired) electrons. The summed E-state index contributed by atoms with van der Waals surface area (Å²) in [5.74, 6) is 0.0269. The number of aromatic nitrogens is 2. The van der Waals surface area contributed by atoms with Crippen LogP contribution in [0.5, 0.6) is 0 Å². The van der Waals surface area contributed by atoms with Gasteiger partial charge in [-0.05, 0) is 49.8 Å². The van der Waals surface area contributed by atoms with Crippen molar-refractivity contribution in [3.8, 4) is 0 Å². The third-order valence-corrected chi connectivity index (χ3v) is 4.47. The summed E-state index contributed by atoms with van der Waals surface area (Å²) in [4.78, 5) is 15.6. The molecular weight excluding hydrogens is 268 g/mol. The molecule has 1 aliphatic rings. The van der Waals surface area contributed by atoms with Crippen LogP contribution in [-0.4, -0.2) is 34.3 Å². The number of fused-ring (bicyclic) bond motifs is 1. The molecule has 1 aromatic heterocycles. The zero-order valence-corrected chi connectivity index (χ0v) is 12.4. The molecule has 0 amide bonds. The molecule has 0 unspecified atom stereocenters. The fraction of sp³-hybridized carbons (Fsp3) is 0.500. The summed E-state index contributed by atoms with van der Waals surface area (Å²) in [6.07, 6.45) is 3.52. The summed E-state index contributed by atoms with van der Waals surface area (Å²) < 4.78 is 7.42. The van der Waals surface area contributed by atoms with Crippen LogP contribution in [0.1, 0.15) is 35.4 Å². The normalized spacial score (nSPS) is 16.3. The first kappa shape index (κ1) is 14.1. The van der Waals surface area contributed by atoms with Crippen LogP contribution in [0.2, 0.25) is 0 Å². The summed E-state index contributed by atoms with van der Waals surface area (Å²) in [6.45, 7) is 3.70. The summed E-state index contributed by atoms with van der Waals surface area (Å²) in [5, 5.41) is 9.07. The Balaban J connectivity index is 1.92. The summed E-state index contributed by atoms with van der Waals surface area (Å²) in [5.41, 5.74) is 2.39. The number of rotatable bonds is 6. The van der Waals surface area contributed by atoms with Crippen LogP contribution >= 0.6 is 0 Å². The average molecular weight is 288 g/mol. The van der Waals surface area contributed by atoms with Gasteiger partial charge in [0, 0.05) is 20.3 Å². The van der Waals surface area contributed by atoms with E-state index in [2.05, 4.69) is 9.55 Å². The number of hydrogen-bond donors (Lipinski definition) is 1. The lowest BCUT2D eigenvalue weighted by molar-refractivity contribution is 0.0697. The summed E-state index contributed by atoms with van der Waals surface area (Å²) in [7, 11) is 1.74. The van der Waals surface area contributed by atoms with E-state index in [-0.39, 0.29) is 5.56 Å². The van der Waals surface area contributed by atoms with Crippen LogP contribution in [0.4, 0.5) is 0 Å². The van der Waals surface area contributed by atoms with Crippen molar-refractivity contribution in [1.29, 1.82) is 0 Å². The molecule has 1 aromatic carbocycles. The van der Waals surface area contributed by atoms with Crippen molar-refractivity contribution in [1.82, 2.24) is 9.55 Å². The molecule has 1 N–H and O–H groups in total. The molecule has 0 bridgehead atoms. The molecule has 0 aliphatic heterocycles. The minimum Gasteiger partial charge on any atom is -0.478 e. The smallest absolute Gasteiger partial charge is 0.335 e. The van der Waals surface area contributed by atoms with Crippen molar-refractivity contribution >= 4 is 17.0 Å². The number of benzene rings is 1. The van der Waals surface area contributed by atoms with Gasteiger partial charge in [0.2, 0.25) is 0 Å². The number of carboxylic acids is 1. The Labute approximate surface area is 123 Å². The molecule has 1 fully saturated rings. The van der Waals surface area contributed by atoms with Crippen LogP contribution in [-0.2, 0) is 11.3 Å². The second-order valence-electron chi connectivity index (χ2n) is 6.00. The van der Waals surface area contributed by atoms with Gasteiger partial charge in [-0.3, -0.25) is 0 Å². The van der Waals surface area contributed by atoms with E-state index in [1.54, 1.807) is 19.2 Å². The first-order chi connectivity index (χ1) is 10.0. The van der Waals surface area contributed by atoms with Gasteiger partial charge in [0.25, 0.3) is 0 Å². The van der Waals surface area contributed by atoms with E-state index in [9.17, 15) is 4.79 Å². The fourth-order valence-electron chi connectivity index (χ4n) is 2.90. The zero-order valence-electron chi connectivity index (χ0n) is 12.4. The van der Waals surface area contributed by atoms with E-state index in [1.807, 2.05) is 13.0 Å². The lowest BCUT2D eigenvalue weighted by atomic mass is 10.0. The van der Waals surface area contributed by atoms with Crippen molar-refractivity contribution in [3.05, 3.63) is 29.6 Å². The number of aryl methyl sites for hydroxylation is 1. The zero-order chi connectivity index (χ0) is 15.0. The van der Waals surface area contributed by atoms with Crippen LogP contribution in [0.15, 0.2) is 18.2 Å². The van der Waals surface area contributed by atoms with Crippen molar-refractivity contribution < 1.29 is 14.6 Å². The van der Waals surface area contributed by atoms with Crippen molar-refractivity contribution in [2.45, 2.75) is 32.7 Å². The molecule has 21 heavy (non-hydrogen) atoms. The van der Waals surface area contributed by atoms with Gasteiger partial charge >= 0.3 is 5.97 Å². The summed E-state index contributed by atoms with van der Waals surface area (Å²) in [6, 6.07) is 5.16. The maximum atomic E-state index is 11.0. The van der Waals surface area contributed by atoms with E-state index in [1.165, 1.54) is 12.8 Å². The van der Waals surface area contributed by atoms with Crippen LogP contribution in [0.25, 0.3) is 11.0 Å².